The Morgan fingerprint density at radius 3 is 2.47 bits per heavy atom. The van der Waals surface area contributed by atoms with Crippen LogP contribution in [0.25, 0.3) is 0 Å². The molecule has 0 radical (unpaired) electrons. The van der Waals surface area contributed by atoms with Crippen molar-refractivity contribution in [1.82, 2.24) is 5.32 Å². The summed E-state index contributed by atoms with van der Waals surface area (Å²) < 4.78 is 23.1. The van der Waals surface area contributed by atoms with Crippen LogP contribution < -0.4 is 5.32 Å². The van der Waals surface area contributed by atoms with E-state index in [1.807, 2.05) is 0 Å². The van der Waals surface area contributed by atoms with Crippen LogP contribution in [0, 0.1) is 0 Å². The van der Waals surface area contributed by atoms with Gasteiger partial charge in [-0.25, -0.2) is 8.42 Å². The van der Waals surface area contributed by atoms with E-state index in [2.05, 4.69) is 21.2 Å². The van der Waals surface area contributed by atoms with Crippen LogP contribution in [0.3, 0.4) is 0 Å². The highest BCUT2D eigenvalue weighted by Crippen LogP contribution is 2.23. The summed E-state index contributed by atoms with van der Waals surface area (Å²) >= 11 is 3.18. The molecule has 1 aromatic carbocycles. The third-order valence-electron chi connectivity index (χ3n) is 3.11. The van der Waals surface area contributed by atoms with Crippen LogP contribution in [0.2, 0.25) is 0 Å². The van der Waals surface area contributed by atoms with Crippen molar-refractivity contribution >= 4 is 41.6 Å². The number of nitrogens with one attached hydrogen (secondary N) is 1. The van der Waals surface area contributed by atoms with Crippen LogP contribution in [0.1, 0.15) is 36.0 Å². The lowest BCUT2D eigenvalue weighted by Gasteiger charge is -2.12. The maximum Gasteiger partial charge on any atom is 0.261 e. The van der Waals surface area contributed by atoms with E-state index < -0.39 is 9.05 Å². The van der Waals surface area contributed by atoms with Crippen molar-refractivity contribution in [1.29, 1.82) is 0 Å². The van der Waals surface area contributed by atoms with E-state index in [0.717, 1.165) is 25.7 Å². The zero-order valence-electron chi connectivity index (χ0n) is 10.0. The van der Waals surface area contributed by atoms with Crippen LogP contribution in [-0.4, -0.2) is 20.4 Å². The predicted octanol–water partition coefficient (Wildman–Crippen LogP) is 3.05. The first-order valence-electron chi connectivity index (χ1n) is 5.92. The van der Waals surface area contributed by atoms with Crippen LogP contribution in [0.5, 0.6) is 0 Å². The second-order valence-corrected chi connectivity index (χ2v) is 8.05. The molecular weight excluding hydrogens is 354 g/mol. The van der Waals surface area contributed by atoms with E-state index in [4.69, 9.17) is 10.7 Å². The Bertz CT molecular complexity index is 597. The number of halogens is 2. The molecule has 0 heterocycles. The van der Waals surface area contributed by atoms with Crippen molar-refractivity contribution in [3.8, 4) is 0 Å². The molecule has 0 aliphatic heterocycles. The van der Waals surface area contributed by atoms with Crippen molar-refractivity contribution < 1.29 is 13.2 Å². The molecule has 19 heavy (non-hydrogen) atoms. The second-order valence-electron chi connectivity index (χ2n) is 4.57. The molecule has 0 bridgehead atoms. The van der Waals surface area contributed by atoms with Gasteiger partial charge in [0.25, 0.3) is 15.0 Å². The van der Waals surface area contributed by atoms with E-state index >= 15 is 0 Å². The molecule has 2 rings (SSSR count). The SMILES string of the molecule is O=C(NC1CCCC1)c1cc(Br)cc(S(=O)(=O)Cl)c1. The lowest BCUT2D eigenvalue weighted by molar-refractivity contribution is 0.0937. The molecule has 0 aromatic heterocycles. The van der Waals surface area contributed by atoms with Gasteiger partial charge in [-0.1, -0.05) is 28.8 Å². The number of hydrogen-bond acceptors (Lipinski definition) is 3. The van der Waals surface area contributed by atoms with Crippen molar-refractivity contribution in [3.05, 3.63) is 28.2 Å². The topological polar surface area (TPSA) is 63.2 Å². The van der Waals surface area contributed by atoms with Crippen LogP contribution >= 0.6 is 26.6 Å². The molecule has 4 nitrogen and oxygen atoms in total. The first-order chi connectivity index (χ1) is 8.86. The highest BCUT2D eigenvalue weighted by molar-refractivity contribution is 9.10. The lowest BCUT2D eigenvalue weighted by Crippen LogP contribution is -2.32. The fourth-order valence-corrected chi connectivity index (χ4v) is 3.62. The number of hydrogen-bond donors (Lipinski definition) is 1. The lowest BCUT2D eigenvalue weighted by atomic mass is 10.2. The normalized spacial score (nSPS) is 16.5. The standard InChI is InChI=1S/C12H13BrClNO3S/c13-9-5-8(6-11(7-9)19(14,17)18)12(16)15-10-3-1-2-4-10/h5-7,10H,1-4H2,(H,15,16). The molecule has 1 fully saturated rings. The van der Waals surface area contributed by atoms with Crippen molar-refractivity contribution in [2.75, 3.05) is 0 Å². The fraction of sp³-hybridized carbons (Fsp3) is 0.417. The maximum atomic E-state index is 12.1. The molecule has 1 amide bonds. The molecule has 1 aromatic rings. The van der Waals surface area contributed by atoms with Crippen molar-refractivity contribution in [3.63, 3.8) is 0 Å². The predicted molar refractivity (Wildman–Crippen MR) is 76.9 cm³/mol. The van der Waals surface area contributed by atoms with Gasteiger partial charge in [0.1, 0.15) is 0 Å². The van der Waals surface area contributed by atoms with Gasteiger partial charge < -0.3 is 5.32 Å². The molecule has 0 atom stereocenters. The quantitative estimate of drug-likeness (QED) is 0.836. The molecular formula is C12H13BrClNO3S. The van der Waals surface area contributed by atoms with Gasteiger partial charge in [0, 0.05) is 26.8 Å². The number of rotatable bonds is 3. The van der Waals surface area contributed by atoms with Gasteiger partial charge in [0.15, 0.2) is 0 Å². The molecule has 0 unspecified atom stereocenters. The van der Waals surface area contributed by atoms with E-state index in [0.29, 0.717) is 10.0 Å². The van der Waals surface area contributed by atoms with E-state index in [9.17, 15) is 13.2 Å². The summed E-state index contributed by atoms with van der Waals surface area (Å²) in [4.78, 5) is 12.0. The molecule has 104 valence electrons. The zero-order chi connectivity index (χ0) is 14.0. The maximum absolute atomic E-state index is 12.1. The molecule has 7 heteroatoms. The van der Waals surface area contributed by atoms with Crippen molar-refractivity contribution in [2.45, 2.75) is 36.6 Å². The Labute approximate surface area is 125 Å². The first kappa shape index (κ1) is 14.8. The largest absolute Gasteiger partial charge is 0.349 e. The van der Waals surface area contributed by atoms with Crippen LogP contribution in [-0.2, 0) is 9.05 Å². The zero-order valence-corrected chi connectivity index (χ0v) is 13.2. The molecule has 1 aliphatic carbocycles. The third kappa shape index (κ3) is 3.94. The molecule has 1 aliphatic rings. The Morgan fingerprint density at radius 1 is 1.26 bits per heavy atom. The monoisotopic (exact) mass is 365 g/mol. The Kier molecular flexibility index (Phi) is 4.53. The number of carbonyl (C=O) groups excluding carboxylic acids is 1. The summed E-state index contributed by atoms with van der Waals surface area (Å²) in [6.07, 6.45) is 4.18. The summed E-state index contributed by atoms with van der Waals surface area (Å²) in [5, 5.41) is 2.90. The molecule has 0 saturated heterocycles. The molecule has 1 N–H and O–H groups in total. The summed E-state index contributed by atoms with van der Waals surface area (Å²) in [5.41, 5.74) is 0.292. The van der Waals surface area contributed by atoms with Gasteiger partial charge in [-0.3, -0.25) is 4.79 Å². The van der Waals surface area contributed by atoms with Gasteiger partial charge in [-0.15, -0.1) is 0 Å². The van der Waals surface area contributed by atoms with Gasteiger partial charge >= 0.3 is 0 Å². The Hall–Kier alpha value is -0.590. The van der Waals surface area contributed by atoms with Gasteiger partial charge in [-0.2, -0.15) is 0 Å². The number of amides is 1. The minimum absolute atomic E-state index is 0.0832. The van der Waals surface area contributed by atoms with Gasteiger partial charge in [-0.05, 0) is 31.0 Å². The number of carbonyl (C=O) groups is 1. The molecule has 0 spiro atoms. The summed E-state index contributed by atoms with van der Waals surface area (Å²) in [5.74, 6) is -0.269. The second kappa shape index (κ2) is 5.81. The first-order valence-corrected chi connectivity index (χ1v) is 9.02. The third-order valence-corrected chi connectivity index (χ3v) is 4.90. The smallest absolute Gasteiger partial charge is 0.261 e. The number of benzene rings is 1. The summed E-state index contributed by atoms with van der Waals surface area (Å²) in [6, 6.07) is 4.42. The van der Waals surface area contributed by atoms with Crippen LogP contribution in [0.15, 0.2) is 27.6 Å². The summed E-state index contributed by atoms with van der Waals surface area (Å²) in [7, 11) is 1.45. The van der Waals surface area contributed by atoms with E-state index in [1.54, 1.807) is 6.07 Å². The summed E-state index contributed by atoms with van der Waals surface area (Å²) in [6.45, 7) is 0. The highest BCUT2D eigenvalue weighted by atomic mass is 79.9. The van der Waals surface area contributed by atoms with Gasteiger partial charge in [0.2, 0.25) is 0 Å². The minimum Gasteiger partial charge on any atom is -0.349 e. The van der Waals surface area contributed by atoms with Gasteiger partial charge in [0.05, 0.1) is 4.90 Å². The Morgan fingerprint density at radius 2 is 1.89 bits per heavy atom. The average Bonchev–Trinajstić information content (AvgIpc) is 2.79. The molecule has 1 saturated carbocycles. The van der Waals surface area contributed by atoms with Crippen LogP contribution in [0.4, 0.5) is 0 Å². The fourth-order valence-electron chi connectivity index (χ4n) is 2.17. The van der Waals surface area contributed by atoms with Crippen molar-refractivity contribution in [2.24, 2.45) is 0 Å². The Balaban J connectivity index is 2.24. The minimum atomic E-state index is -3.85. The van der Waals surface area contributed by atoms with E-state index in [-0.39, 0.29) is 16.8 Å². The van der Waals surface area contributed by atoms with E-state index in [1.165, 1.54) is 12.1 Å². The highest BCUT2D eigenvalue weighted by Gasteiger charge is 2.20. The average molecular weight is 367 g/mol.